The summed E-state index contributed by atoms with van der Waals surface area (Å²) in [6, 6.07) is 20.9. The second-order valence-electron chi connectivity index (χ2n) is 7.99. The Morgan fingerprint density at radius 1 is 0.839 bits per heavy atom. The van der Waals surface area contributed by atoms with E-state index in [0.717, 1.165) is 33.5 Å². The first-order valence-corrected chi connectivity index (χ1v) is 10.1. The number of nitrogens with zero attached hydrogens (tertiary/aromatic N) is 4. The molecule has 0 radical (unpaired) electrons. The lowest BCUT2D eigenvalue weighted by atomic mass is 10.0. The molecule has 1 unspecified atom stereocenters. The Bertz CT molecular complexity index is 1470. The highest BCUT2D eigenvalue weighted by atomic mass is 16.2. The summed E-state index contributed by atoms with van der Waals surface area (Å²) in [5, 5.41) is 4.78. The maximum Gasteiger partial charge on any atom is 0.300 e. The van der Waals surface area contributed by atoms with Crippen LogP contribution in [0.1, 0.15) is 33.2 Å². The fourth-order valence-electron chi connectivity index (χ4n) is 4.47. The minimum Gasteiger partial charge on any atom is -0.280 e. The number of anilines is 1. The van der Waals surface area contributed by atoms with Crippen molar-refractivity contribution in [2.24, 2.45) is 0 Å². The first-order valence-electron chi connectivity index (χ1n) is 10.1. The number of aromatic nitrogens is 3. The van der Waals surface area contributed by atoms with Crippen molar-refractivity contribution in [1.29, 1.82) is 0 Å². The highest BCUT2D eigenvalue weighted by molar-refractivity contribution is 6.13. The second kappa shape index (κ2) is 6.22. The maximum absolute atomic E-state index is 13.3. The molecule has 0 N–H and O–H groups in total. The maximum atomic E-state index is 13.3. The third kappa shape index (κ3) is 2.39. The van der Waals surface area contributed by atoms with Crippen LogP contribution < -0.4 is 10.5 Å². The molecule has 3 heterocycles. The summed E-state index contributed by atoms with van der Waals surface area (Å²) < 4.78 is 1.72. The molecule has 0 spiro atoms. The van der Waals surface area contributed by atoms with Gasteiger partial charge in [-0.2, -0.15) is 10.1 Å². The van der Waals surface area contributed by atoms with Gasteiger partial charge in [0, 0.05) is 22.3 Å². The van der Waals surface area contributed by atoms with Crippen molar-refractivity contribution in [3.8, 4) is 22.6 Å². The number of hydrogen-bond donors (Lipinski definition) is 0. The monoisotopic (exact) mass is 406 g/mol. The Balaban J connectivity index is 1.67. The Morgan fingerprint density at radius 3 is 2.39 bits per heavy atom. The Labute approximate surface area is 178 Å². The number of rotatable bonds is 1. The smallest absolute Gasteiger partial charge is 0.280 e. The zero-order valence-electron chi connectivity index (χ0n) is 17.0. The Kier molecular flexibility index (Phi) is 3.56. The summed E-state index contributed by atoms with van der Waals surface area (Å²) in [6.07, 6.45) is -0.480. The lowest BCUT2D eigenvalue weighted by molar-refractivity contribution is 0.0986. The number of aryl methyl sites for hydroxylation is 2. The van der Waals surface area contributed by atoms with Crippen LogP contribution in [0, 0.1) is 13.8 Å². The number of benzene rings is 3. The molecule has 2 aliphatic rings. The van der Waals surface area contributed by atoms with Crippen molar-refractivity contribution < 1.29 is 4.79 Å². The van der Waals surface area contributed by atoms with Gasteiger partial charge in [0.25, 0.3) is 11.5 Å². The normalized spacial score (nSPS) is 15.9. The molecule has 6 heteroatoms. The van der Waals surface area contributed by atoms with Crippen molar-refractivity contribution >= 4 is 11.6 Å². The van der Waals surface area contributed by atoms with Crippen LogP contribution >= 0.6 is 0 Å². The average molecular weight is 406 g/mol. The van der Waals surface area contributed by atoms with Gasteiger partial charge in [-0.25, -0.2) is 4.68 Å². The molecule has 0 fully saturated rings. The molecule has 3 aromatic carbocycles. The van der Waals surface area contributed by atoms with Gasteiger partial charge in [-0.1, -0.05) is 42.5 Å². The number of carbonyl (C=O) groups excluding carboxylic acids is 1. The number of hydrogen-bond acceptors (Lipinski definition) is 4. The fraction of sp³-hybridized carbons (Fsp3) is 0.120. The van der Waals surface area contributed by atoms with E-state index in [1.54, 1.807) is 9.58 Å². The first-order chi connectivity index (χ1) is 15.0. The number of para-hydroxylation sites is 1. The molecule has 1 aromatic heterocycles. The van der Waals surface area contributed by atoms with Crippen molar-refractivity contribution in [3.63, 3.8) is 0 Å². The summed E-state index contributed by atoms with van der Waals surface area (Å²) in [5.74, 6) is 0.394. The molecule has 6 nitrogen and oxygen atoms in total. The van der Waals surface area contributed by atoms with Gasteiger partial charge in [0.1, 0.15) is 0 Å². The summed E-state index contributed by atoms with van der Waals surface area (Å²) in [4.78, 5) is 32.5. The van der Waals surface area contributed by atoms with Gasteiger partial charge in [-0.05, 0) is 49.2 Å². The van der Waals surface area contributed by atoms with E-state index in [1.165, 1.54) is 0 Å². The van der Waals surface area contributed by atoms with E-state index in [4.69, 9.17) is 5.10 Å². The molecule has 0 aliphatic carbocycles. The summed E-state index contributed by atoms with van der Waals surface area (Å²) in [5.41, 5.74) is 5.80. The summed E-state index contributed by atoms with van der Waals surface area (Å²) in [6.45, 7) is 4.03. The van der Waals surface area contributed by atoms with Crippen molar-refractivity contribution in [2.45, 2.75) is 20.0 Å². The van der Waals surface area contributed by atoms with Crippen LogP contribution in [0.4, 0.5) is 5.69 Å². The van der Waals surface area contributed by atoms with Crippen LogP contribution in [0.25, 0.3) is 22.6 Å². The van der Waals surface area contributed by atoms with Crippen LogP contribution in [-0.2, 0) is 0 Å². The first kappa shape index (κ1) is 17.8. The van der Waals surface area contributed by atoms with Gasteiger partial charge in [-0.3, -0.25) is 14.5 Å². The minimum atomic E-state index is -0.480. The highest BCUT2D eigenvalue weighted by Gasteiger charge is 2.44. The third-order valence-electron chi connectivity index (χ3n) is 6.18. The van der Waals surface area contributed by atoms with Crippen LogP contribution in [0.2, 0.25) is 0 Å². The predicted molar refractivity (Wildman–Crippen MR) is 118 cm³/mol. The van der Waals surface area contributed by atoms with E-state index in [2.05, 4.69) is 4.98 Å². The van der Waals surface area contributed by atoms with E-state index in [-0.39, 0.29) is 17.2 Å². The second-order valence-corrected chi connectivity index (χ2v) is 7.99. The molecule has 0 saturated carbocycles. The molecule has 1 atom stereocenters. The minimum absolute atomic E-state index is 0.0769. The Morgan fingerprint density at radius 2 is 1.58 bits per heavy atom. The fourth-order valence-corrected chi connectivity index (χ4v) is 4.47. The van der Waals surface area contributed by atoms with E-state index in [0.29, 0.717) is 11.4 Å². The standard InChI is InChI=1S/C25H18N4O2/c1-14-11-12-16(13-15(14)2)21-23(30)26-22-19-9-5-6-10-20(19)28-24(29(22)27-21)17-7-3-4-8-18(17)25(28)31/h3-13,24H,1-2H3. The Hall–Kier alpha value is -4.06. The van der Waals surface area contributed by atoms with Crippen molar-refractivity contribution in [1.82, 2.24) is 14.8 Å². The van der Waals surface area contributed by atoms with Gasteiger partial charge in [0.2, 0.25) is 0 Å². The topological polar surface area (TPSA) is 68.1 Å². The number of amides is 1. The van der Waals surface area contributed by atoms with E-state index >= 15 is 0 Å². The molecule has 0 saturated heterocycles. The van der Waals surface area contributed by atoms with Gasteiger partial charge in [0.05, 0.1) is 5.69 Å². The third-order valence-corrected chi connectivity index (χ3v) is 6.18. The van der Waals surface area contributed by atoms with E-state index < -0.39 is 6.17 Å². The number of carbonyl (C=O) groups is 1. The van der Waals surface area contributed by atoms with E-state index in [9.17, 15) is 9.59 Å². The van der Waals surface area contributed by atoms with Gasteiger partial charge in [-0.15, -0.1) is 0 Å². The molecule has 4 aromatic rings. The molecule has 1 amide bonds. The molecule has 0 bridgehead atoms. The quantitative estimate of drug-likeness (QED) is 0.477. The van der Waals surface area contributed by atoms with Crippen LogP contribution in [0.15, 0.2) is 71.5 Å². The molecule has 6 rings (SSSR count). The molecule has 2 aliphatic heterocycles. The number of fused-ring (bicyclic) bond motifs is 8. The highest BCUT2D eigenvalue weighted by Crippen LogP contribution is 2.46. The van der Waals surface area contributed by atoms with Crippen LogP contribution in [0.5, 0.6) is 0 Å². The van der Waals surface area contributed by atoms with Crippen molar-refractivity contribution in [3.05, 3.63) is 99.3 Å². The molecular formula is C25H18N4O2. The molecule has 150 valence electrons. The molecular weight excluding hydrogens is 388 g/mol. The van der Waals surface area contributed by atoms with Crippen LogP contribution in [0.3, 0.4) is 0 Å². The summed E-state index contributed by atoms with van der Waals surface area (Å²) >= 11 is 0. The van der Waals surface area contributed by atoms with Gasteiger partial charge in [0.15, 0.2) is 17.7 Å². The zero-order valence-corrected chi connectivity index (χ0v) is 17.0. The van der Waals surface area contributed by atoms with Gasteiger partial charge < -0.3 is 0 Å². The summed E-state index contributed by atoms with van der Waals surface area (Å²) in [7, 11) is 0. The average Bonchev–Trinajstić information content (AvgIpc) is 3.09. The van der Waals surface area contributed by atoms with Crippen molar-refractivity contribution in [2.75, 3.05) is 4.90 Å². The SMILES string of the molecule is Cc1ccc(-c2nn3c(nc2=O)-c2ccccc2N2C(=O)c4ccccc4C23)cc1C. The zero-order chi connectivity index (χ0) is 21.3. The van der Waals surface area contributed by atoms with E-state index in [1.807, 2.05) is 80.6 Å². The molecule has 31 heavy (non-hydrogen) atoms. The largest absolute Gasteiger partial charge is 0.300 e. The van der Waals surface area contributed by atoms with Gasteiger partial charge >= 0.3 is 0 Å². The predicted octanol–water partition coefficient (Wildman–Crippen LogP) is 4.11. The lowest BCUT2D eigenvalue weighted by Crippen LogP contribution is -2.39. The van der Waals surface area contributed by atoms with Crippen LogP contribution in [-0.4, -0.2) is 20.7 Å². The lowest BCUT2D eigenvalue weighted by Gasteiger charge is -2.34.